The van der Waals surface area contributed by atoms with Gasteiger partial charge in [0.2, 0.25) is 5.91 Å². The third kappa shape index (κ3) is 3.19. The van der Waals surface area contributed by atoms with E-state index in [4.69, 9.17) is 16.3 Å². The normalized spacial score (nSPS) is 15.6. The highest BCUT2D eigenvalue weighted by Gasteiger charge is 2.37. The number of aromatic hydroxyl groups is 1. The van der Waals surface area contributed by atoms with Crippen molar-refractivity contribution in [2.24, 2.45) is 0 Å². The Hall–Kier alpha value is -3.12. The van der Waals surface area contributed by atoms with E-state index in [9.17, 15) is 19.5 Å². The summed E-state index contributed by atoms with van der Waals surface area (Å²) in [5.41, 5.74) is 1.15. The Bertz CT molecular complexity index is 951. The van der Waals surface area contributed by atoms with Crippen molar-refractivity contribution in [2.75, 3.05) is 12.0 Å². The molecule has 1 heterocycles. The topological polar surface area (TPSA) is 83.9 Å². The molecule has 3 rings (SSSR count). The molecule has 0 bridgehead atoms. The highest BCUT2D eigenvalue weighted by atomic mass is 35.5. The molecule has 6 nitrogen and oxygen atoms in total. The Morgan fingerprint density at radius 2 is 1.96 bits per heavy atom. The molecule has 2 aromatic carbocycles. The van der Waals surface area contributed by atoms with Crippen LogP contribution in [0.3, 0.4) is 0 Å². The Morgan fingerprint density at radius 3 is 2.65 bits per heavy atom. The fraction of sp³-hybridized carbons (Fsp3) is 0.105. The summed E-state index contributed by atoms with van der Waals surface area (Å²) in [4.78, 5) is 38.0. The minimum Gasteiger partial charge on any atom is -0.506 e. The molecule has 132 valence electrons. The van der Waals surface area contributed by atoms with Gasteiger partial charge in [0.15, 0.2) is 0 Å². The van der Waals surface area contributed by atoms with E-state index in [1.807, 2.05) is 0 Å². The fourth-order valence-corrected chi connectivity index (χ4v) is 2.89. The minimum absolute atomic E-state index is 0.0729. The summed E-state index contributed by atoms with van der Waals surface area (Å²) in [5.74, 6) is -1.67. The average Bonchev–Trinajstić information content (AvgIpc) is 2.91. The SMILES string of the molecule is COC(=O)c1ccccc1N1C(=O)CC(=Cc2ccc(O)c(Cl)c2)C1=O. The lowest BCUT2D eigenvalue weighted by Gasteiger charge is -2.16. The first kappa shape index (κ1) is 17.7. The van der Waals surface area contributed by atoms with Gasteiger partial charge in [-0.05, 0) is 35.9 Å². The molecular weight excluding hydrogens is 358 g/mol. The minimum atomic E-state index is -0.635. The van der Waals surface area contributed by atoms with Crippen molar-refractivity contribution in [1.29, 1.82) is 0 Å². The molecule has 1 aliphatic rings. The van der Waals surface area contributed by atoms with Crippen molar-refractivity contribution in [2.45, 2.75) is 6.42 Å². The lowest BCUT2D eigenvalue weighted by atomic mass is 10.1. The molecular formula is C19H14ClNO5. The molecule has 0 atom stereocenters. The standard InChI is InChI=1S/C19H14ClNO5/c1-26-19(25)13-4-2-3-5-15(13)21-17(23)10-12(18(21)24)8-11-6-7-16(22)14(20)9-11/h2-9,22H,10H2,1H3. The van der Waals surface area contributed by atoms with Crippen LogP contribution >= 0.6 is 11.6 Å². The van der Waals surface area contributed by atoms with Crippen LogP contribution in [0.15, 0.2) is 48.0 Å². The van der Waals surface area contributed by atoms with Crippen LogP contribution in [0.2, 0.25) is 5.02 Å². The Balaban J connectivity index is 1.99. The molecule has 1 N–H and O–H groups in total. The highest BCUT2D eigenvalue weighted by molar-refractivity contribution is 6.32. The highest BCUT2D eigenvalue weighted by Crippen LogP contribution is 2.31. The summed E-state index contributed by atoms with van der Waals surface area (Å²) >= 11 is 5.87. The molecule has 1 fully saturated rings. The van der Waals surface area contributed by atoms with Crippen LogP contribution in [0.4, 0.5) is 5.69 Å². The molecule has 0 aromatic heterocycles. The number of methoxy groups -OCH3 is 1. The van der Waals surface area contributed by atoms with Gasteiger partial charge in [0.05, 0.1) is 29.8 Å². The summed E-state index contributed by atoms with van der Waals surface area (Å²) < 4.78 is 4.71. The zero-order valence-corrected chi connectivity index (χ0v) is 14.5. The Labute approximate surface area is 154 Å². The number of rotatable bonds is 3. The first-order valence-electron chi connectivity index (χ1n) is 7.66. The van der Waals surface area contributed by atoms with E-state index in [-0.39, 0.29) is 34.0 Å². The van der Waals surface area contributed by atoms with Crippen LogP contribution in [0, 0.1) is 0 Å². The molecule has 1 aliphatic heterocycles. The van der Waals surface area contributed by atoms with Gasteiger partial charge in [-0.2, -0.15) is 0 Å². The zero-order chi connectivity index (χ0) is 18.8. The third-order valence-corrected chi connectivity index (χ3v) is 4.23. The van der Waals surface area contributed by atoms with Gasteiger partial charge in [0.1, 0.15) is 5.75 Å². The van der Waals surface area contributed by atoms with Gasteiger partial charge in [-0.25, -0.2) is 9.69 Å². The van der Waals surface area contributed by atoms with Crippen LogP contribution in [0.5, 0.6) is 5.75 Å². The molecule has 0 radical (unpaired) electrons. The molecule has 0 aliphatic carbocycles. The summed E-state index contributed by atoms with van der Waals surface area (Å²) in [6.45, 7) is 0. The number of imide groups is 1. The number of esters is 1. The number of nitrogens with zero attached hydrogens (tertiary/aromatic N) is 1. The van der Waals surface area contributed by atoms with Crippen molar-refractivity contribution in [3.63, 3.8) is 0 Å². The quantitative estimate of drug-likeness (QED) is 0.509. The second-order valence-electron chi connectivity index (χ2n) is 5.60. The smallest absolute Gasteiger partial charge is 0.339 e. The van der Waals surface area contributed by atoms with E-state index in [1.54, 1.807) is 18.2 Å². The van der Waals surface area contributed by atoms with Gasteiger partial charge in [-0.3, -0.25) is 9.59 Å². The molecule has 1 saturated heterocycles. The number of hydrogen-bond acceptors (Lipinski definition) is 5. The van der Waals surface area contributed by atoms with E-state index in [2.05, 4.69) is 0 Å². The maximum atomic E-state index is 12.7. The summed E-state index contributed by atoms with van der Waals surface area (Å²) in [6, 6.07) is 10.7. The molecule has 0 saturated carbocycles. The zero-order valence-electron chi connectivity index (χ0n) is 13.7. The van der Waals surface area contributed by atoms with E-state index < -0.39 is 17.8 Å². The largest absolute Gasteiger partial charge is 0.506 e. The number of carbonyl (C=O) groups excluding carboxylic acids is 3. The molecule has 26 heavy (non-hydrogen) atoms. The molecule has 2 aromatic rings. The fourth-order valence-electron chi connectivity index (χ4n) is 2.70. The third-order valence-electron chi connectivity index (χ3n) is 3.93. The first-order valence-corrected chi connectivity index (χ1v) is 8.04. The summed E-state index contributed by atoms with van der Waals surface area (Å²) in [5, 5.41) is 9.61. The predicted molar refractivity (Wildman–Crippen MR) is 96.0 cm³/mol. The number of amides is 2. The molecule has 2 amide bonds. The maximum absolute atomic E-state index is 12.7. The lowest BCUT2D eigenvalue weighted by molar-refractivity contribution is -0.120. The number of phenolic OH excluding ortho intramolecular Hbond substituents is 1. The molecule has 0 unspecified atom stereocenters. The monoisotopic (exact) mass is 371 g/mol. The van der Waals surface area contributed by atoms with Crippen LogP contribution in [0.1, 0.15) is 22.3 Å². The summed E-state index contributed by atoms with van der Waals surface area (Å²) in [6.07, 6.45) is 1.43. The number of phenols is 1. The van der Waals surface area contributed by atoms with Gasteiger partial charge >= 0.3 is 5.97 Å². The van der Waals surface area contributed by atoms with Crippen LogP contribution < -0.4 is 4.90 Å². The predicted octanol–water partition coefficient (Wildman–Crippen LogP) is 3.18. The number of benzene rings is 2. The van der Waals surface area contributed by atoms with Crippen molar-refractivity contribution < 1.29 is 24.2 Å². The maximum Gasteiger partial charge on any atom is 0.339 e. The van der Waals surface area contributed by atoms with Crippen molar-refractivity contribution in [1.82, 2.24) is 0 Å². The van der Waals surface area contributed by atoms with E-state index in [0.29, 0.717) is 5.56 Å². The van der Waals surface area contributed by atoms with E-state index in [1.165, 1.54) is 37.5 Å². The second-order valence-corrected chi connectivity index (χ2v) is 6.01. The van der Waals surface area contributed by atoms with Crippen molar-refractivity contribution in [3.8, 4) is 5.75 Å². The first-order chi connectivity index (χ1) is 12.4. The van der Waals surface area contributed by atoms with Crippen LogP contribution in [0.25, 0.3) is 6.08 Å². The number of hydrogen-bond donors (Lipinski definition) is 1. The molecule has 0 spiro atoms. The number of anilines is 1. The van der Waals surface area contributed by atoms with Gasteiger partial charge in [-0.1, -0.05) is 29.8 Å². The lowest BCUT2D eigenvalue weighted by Crippen LogP contribution is -2.30. The van der Waals surface area contributed by atoms with Crippen LogP contribution in [-0.2, 0) is 14.3 Å². The van der Waals surface area contributed by atoms with Gasteiger partial charge in [-0.15, -0.1) is 0 Å². The number of halogens is 1. The van der Waals surface area contributed by atoms with Gasteiger partial charge in [0.25, 0.3) is 5.91 Å². The Morgan fingerprint density at radius 1 is 1.23 bits per heavy atom. The second kappa shape index (κ2) is 7.01. The Kier molecular flexibility index (Phi) is 4.77. The van der Waals surface area contributed by atoms with Gasteiger partial charge < -0.3 is 9.84 Å². The average molecular weight is 372 g/mol. The number of ether oxygens (including phenoxy) is 1. The molecule has 7 heteroatoms. The van der Waals surface area contributed by atoms with Crippen molar-refractivity contribution >= 4 is 41.1 Å². The van der Waals surface area contributed by atoms with E-state index >= 15 is 0 Å². The summed E-state index contributed by atoms with van der Waals surface area (Å²) in [7, 11) is 1.23. The van der Waals surface area contributed by atoms with Crippen molar-refractivity contribution in [3.05, 3.63) is 64.2 Å². The number of carbonyl (C=O) groups is 3. The van der Waals surface area contributed by atoms with E-state index in [0.717, 1.165) is 4.90 Å². The van der Waals surface area contributed by atoms with Gasteiger partial charge in [0, 0.05) is 5.57 Å². The van der Waals surface area contributed by atoms with Crippen LogP contribution in [-0.4, -0.2) is 30.0 Å². The number of para-hydroxylation sites is 1.